The van der Waals surface area contributed by atoms with E-state index in [-0.39, 0.29) is 5.92 Å². The van der Waals surface area contributed by atoms with Gasteiger partial charge >= 0.3 is 5.97 Å². The number of carboxylic acids is 1. The van der Waals surface area contributed by atoms with Crippen LogP contribution in [0.2, 0.25) is 0 Å². The number of aromatic nitrogens is 2. The third-order valence-corrected chi connectivity index (χ3v) is 4.91. The van der Waals surface area contributed by atoms with Crippen molar-refractivity contribution in [2.45, 2.75) is 12.8 Å². The van der Waals surface area contributed by atoms with Crippen molar-refractivity contribution in [3.05, 3.63) is 66.9 Å². The van der Waals surface area contributed by atoms with Crippen molar-refractivity contribution >= 4 is 23.4 Å². The lowest BCUT2D eigenvalue weighted by molar-refractivity contribution is -0.142. The van der Waals surface area contributed by atoms with Crippen LogP contribution < -0.4 is 15.0 Å². The summed E-state index contributed by atoms with van der Waals surface area (Å²) in [4.78, 5) is 22.2. The molecule has 1 aliphatic heterocycles. The molecule has 0 atom stereocenters. The second kappa shape index (κ2) is 8.60. The second-order valence-electron chi connectivity index (χ2n) is 6.87. The number of nitrogens with one attached hydrogen (secondary N) is 1. The molecule has 148 valence electrons. The van der Waals surface area contributed by atoms with Gasteiger partial charge in [-0.15, -0.1) is 0 Å². The number of piperidine rings is 1. The Balaban J connectivity index is 1.48. The quantitative estimate of drug-likeness (QED) is 0.648. The molecule has 1 fully saturated rings. The van der Waals surface area contributed by atoms with Gasteiger partial charge in [-0.1, -0.05) is 30.3 Å². The first-order chi connectivity index (χ1) is 14.2. The molecule has 1 saturated heterocycles. The lowest BCUT2D eigenvalue weighted by Gasteiger charge is -2.31. The van der Waals surface area contributed by atoms with Gasteiger partial charge in [0.05, 0.1) is 11.6 Å². The molecule has 0 amide bonds. The van der Waals surface area contributed by atoms with Gasteiger partial charge < -0.3 is 20.1 Å². The summed E-state index contributed by atoms with van der Waals surface area (Å²) in [6.07, 6.45) is 2.94. The van der Waals surface area contributed by atoms with Crippen LogP contribution in [0.3, 0.4) is 0 Å². The summed E-state index contributed by atoms with van der Waals surface area (Å²) in [7, 11) is 0. The molecule has 0 saturated carbocycles. The molecule has 0 bridgehead atoms. The third-order valence-electron chi connectivity index (χ3n) is 4.91. The zero-order valence-corrected chi connectivity index (χ0v) is 15.9. The van der Waals surface area contributed by atoms with Crippen molar-refractivity contribution in [3.63, 3.8) is 0 Å². The molecule has 3 aromatic rings. The van der Waals surface area contributed by atoms with Crippen LogP contribution in [0.25, 0.3) is 0 Å². The molecule has 2 N–H and O–H groups in total. The predicted octanol–water partition coefficient (Wildman–Crippen LogP) is 4.31. The lowest BCUT2D eigenvalue weighted by atomic mass is 9.97. The van der Waals surface area contributed by atoms with Crippen molar-refractivity contribution in [2.24, 2.45) is 5.92 Å². The molecule has 0 radical (unpaired) electrons. The highest BCUT2D eigenvalue weighted by Gasteiger charge is 2.25. The minimum atomic E-state index is -0.718. The van der Waals surface area contributed by atoms with E-state index in [9.17, 15) is 4.79 Å². The monoisotopic (exact) mass is 390 g/mol. The normalized spacial score (nSPS) is 14.4. The smallest absolute Gasteiger partial charge is 0.306 e. The van der Waals surface area contributed by atoms with Crippen LogP contribution in [-0.4, -0.2) is 34.1 Å². The fraction of sp³-hybridized carbons (Fsp3) is 0.227. The van der Waals surface area contributed by atoms with Crippen LogP contribution >= 0.6 is 0 Å². The highest BCUT2D eigenvalue weighted by atomic mass is 16.5. The van der Waals surface area contributed by atoms with Crippen LogP contribution in [-0.2, 0) is 4.79 Å². The molecule has 1 aromatic heterocycles. The maximum absolute atomic E-state index is 11.2. The molecule has 1 aliphatic rings. The summed E-state index contributed by atoms with van der Waals surface area (Å²) in [5.41, 5.74) is 0.762. The maximum atomic E-state index is 11.2. The standard InChI is InChI=1S/C22H22N4O3/c27-21(28)16-11-14-26(15-12-16)20-10-13-23-22(25-20)24-18-8-4-5-9-19(18)29-17-6-2-1-3-7-17/h1-10,13,16H,11-12,14-15H2,(H,27,28)(H,23,24,25). The van der Waals surface area contributed by atoms with E-state index >= 15 is 0 Å². The van der Waals surface area contributed by atoms with Crippen LogP contribution in [0.4, 0.5) is 17.5 Å². The number of rotatable bonds is 6. The second-order valence-corrected chi connectivity index (χ2v) is 6.87. The van der Waals surface area contributed by atoms with Crippen molar-refractivity contribution < 1.29 is 14.6 Å². The number of carbonyl (C=O) groups is 1. The van der Waals surface area contributed by atoms with E-state index in [4.69, 9.17) is 9.84 Å². The zero-order valence-electron chi connectivity index (χ0n) is 15.9. The number of hydrogen-bond acceptors (Lipinski definition) is 6. The number of para-hydroxylation sites is 3. The van der Waals surface area contributed by atoms with E-state index in [1.54, 1.807) is 6.20 Å². The van der Waals surface area contributed by atoms with E-state index in [1.165, 1.54) is 0 Å². The maximum Gasteiger partial charge on any atom is 0.306 e. The van der Waals surface area contributed by atoms with Crippen molar-refractivity contribution in [3.8, 4) is 11.5 Å². The van der Waals surface area contributed by atoms with E-state index < -0.39 is 5.97 Å². The van der Waals surface area contributed by atoms with E-state index in [0.29, 0.717) is 37.6 Å². The molecule has 0 spiro atoms. The summed E-state index contributed by atoms with van der Waals surface area (Å²) < 4.78 is 5.98. The molecule has 2 aromatic carbocycles. The minimum Gasteiger partial charge on any atom is -0.481 e. The van der Waals surface area contributed by atoms with Gasteiger partial charge in [-0.05, 0) is 43.2 Å². The largest absolute Gasteiger partial charge is 0.481 e. The number of benzene rings is 2. The van der Waals surface area contributed by atoms with Gasteiger partial charge in [0.15, 0.2) is 5.75 Å². The van der Waals surface area contributed by atoms with E-state index in [2.05, 4.69) is 20.2 Å². The molecule has 0 aliphatic carbocycles. The summed E-state index contributed by atoms with van der Waals surface area (Å²) in [5.74, 6) is 1.69. The van der Waals surface area contributed by atoms with Gasteiger partial charge in [0.2, 0.25) is 5.95 Å². The Labute approximate surface area is 169 Å². The fourth-order valence-electron chi connectivity index (χ4n) is 3.34. The summed E-state index contributed by atoms with van der Waals surface area (Å²) in [6, 6.07) is 19.0. The van der Waals surface area contributed by atoms with E-state index in [0.717, 1.165) is 17.3 Å². The summed E-state index contributed by atoms with van der Waals surface area (Å²) in [6.45, 7) is 1.34. The van der Waals surface area contributed by atoms with Gasteiger partial charge in [-0.2, -0.15) is 4.98 Å². The van der Waals surface area contributed by atoms with Gasteiger partial charge in [0, 0.05) is 19.3 Å². The Bertz CT molecular complexity index is 973. The zero-order chi connectivity index (χ0) is 20.1. The molecule has 0 unspecified atom stereocenters. The lowest BCUT2D eigenvalue weighted by Crippen LogP contribution is -2.36. The first-order valence-corrected chi connectivity index (χ1v) is 9.59. The van der Waals surface area contributed by atoms with Crippen LogP contribution in [0.5, 0.6) is 11.5 Å². The number of hydrogen-bond donors (Lipinski definition) is 2. The molecule has 7 heteroatoms. The molecular formula is C22H22N4O3. The van der Waals surface area contributed by atoms with Crippen LogP contribution in [0, 0.1) is 5.92 Å². The van der Waals surface area contributed by atoms with Gasteiger partial charge in [-0.3, -0.25) is 4.79 Å². The number of carboxylic acid groups (broad SMARTS) is 1. The Hall–Kier alpha value is -3.61. The summed E-state index contributed by atoms with van der Waals surface area (Å²) in [5, 5.41) is 12.4. The Morgan fingerprint density at radius 2 is 1.76 bits per heavy atom. The Kier molecular flexibility index (Phi) is 5.56. The van der Waals surface area contributed by atoms with Crippen molar-refractivity contribution in [1.82, 2.24) is 9.97 Å². The summed E-state index contributed by atoms with van der Waals surface area (Å²) >= 11 is 0. The van der Waals surface area contributed by atoms with Crippen LogP contribution in [0.1, 0.15) is 12.8 Å². The number of ether oxygens (including phenoxy) is 1. The average Bonchev–Trinajstić information content (AvgIpc) is 2.76. The van der Waals surface area contributed by atoms with Crippen molar-refractivity contribution in [1.29, 1.82) is 0 Å². The Morgan fingerprint density at radius 3 is 2.52 bits per heavy atom. The van der Waals surface area contributed by atoms with Gasteiger partial charge in [0.25, 0.3) is 0 Å². The predicted molar refractivity (Wildman–Crippen MR) is 111 cm³/mol. The SMILES string of the molecule is O=C(O)C1CCN(c2ccnc(Nc3ccccc3Oc3ccccc3)n2)CC1. The molecule has 2 heterocycles. The number of anilines is 3. The highest BCUT2D eigenvalue weighted by molar-refractivity contribution is 5.70. The van der Waals surface area contributed by atoms with Gasteiger partial charge in [-0.25, -0.2) is 4.98 Å². The van der Waals surface area contributed by atoms with Crippen molar-refractivity contribution in [2.75, 3.05) is 23.3 Å². The molecular weight excluding hydrogens is 368 g/mol. The molecule has 29 heavy (non-hydrogen) atoms. The topological polar surface area (TPSA) is 87.6 Å². The van der Waals surface area contributed by atoms with Crippen LogP contribution in [0.15, 0.2) is 66.9 Å². The average molecular weight is 390 g/mol. The molecule has 4 rings (SSSR count). The fourth-order valence-corrected chi connectivity index (χ4v) is 3.34. The Morgan fingerprint density at radius 1 is 1.03 bits per heavy atom. The third kappa shape index (κ3) is 4.63. The van der Waals surface area contributed by atoms with Gasteiger partial charge in [0.1, 0.15) is 11.6 Å². The number of nitrogens with zero attached hydrogens (tertiary/aromatic N) is 3. The first-order valence-electron chi connectivity index (χ1n) is 9.59. The highest BCUT2D eigenvalue weighted by Crippen LogP contribution is 2.31. The first kappa shape index (κ1) is 18.7. The molecule has 7 nitrogen and oxygen atoms in total. The van der Waals surface area contributed by atoms with E-state index in [1.807, 2.05) is 60.7 Å². The minimum absolute atomic E-state index is 0.271. The number of aliphatic carboxylic acids is 1.